The van der Waals surface area contributed by atoms with Gasteiger partial charge in [0.1, 0.15) is 12.4 Å². The molecule has 6 nitrogen and oxygen atoms in total. The number of hydrogen-bond acceptors (Lipinski definition) is 4. The summed E-state index contributed by atoms with van der Waals surface area (Å²) in [7, 11) is -1.58. The maximum absolute atomic E-state index is 11.4. The molecule has 0 fully saturated rings. The summed E-state index contributed by atoms with van der Waals surface area (Å²) < 4.78 is 89.0. The molecule has 0 atom stereocenters. The van der Waals surface area contributed by atoms with Gasteiger partial charge in [-0.15, -0.1) is 0 Å². The van der Waals surface area contributed by atoms with E-state index < -0.39 is 33.4 Å². The Hall–Kier alpha value is -1.10. The lowest BCUT2D eigenvalue weighted by atomic mass is 10.7. The number of nitrogens with zero attached hydrogens (tertiary/aromatic N) is 2. The minimum absolute atomic E-state index is 2.00. The highest BCUT2D eigenvalue weighted by Crippen LogP contribution is 2.41. The van der Waals surface area contributed by atoms with Crippen molar-refractivity contribution in [2.75, 3.05) is 13.2 Å². The molecule has 0 aromatic carbocycles. The third-order valence-electron chi connectivity index (χ3n) is 1.67. The first-order valence-corrected chi connectivity index (χ1v) is 6.87. The number of imidazole rings is 1. The molecule has 0 N–H and O–H groups in total. The molecule has 0 bridgehead atoms. The van der Waals surface area contributed by atoms with Gasteiger partial charge in [-0.3, -0.25) is 4.57 Å². The van der Waals surface area contributed by atoms with Crippen molar-refractivity contribution >= 4 is 7.82 Å². The van der Waals surface area contributed by atoms with Gasteiger partial charge in [0.25, 0.3) is 7.82 Å². The van der Waals surface area contributed by atoms with Crippen LogP contribution in [0.1, 0.15) is 0 Å². The summed E-state index contributed by atoms with van der Waals surface area (Å²) in [6, 6.07) is 0. The van der Waals surface area contributed by atoms with Crippen LogP contribution < -0.4 is 9.46 Å². The van der Waals surface area contributed by atoms with E-state index in [0.29, 0.717) is 0 Å². The highest BCUT2D eigenvalue weighted by Gasteiger charge is 2.33. The van der Waals surface area contributed by atoms with Crippen molar-refractivity contribution in [3.63, 3.8) is 0 Å². The first kappa shape index (κ1) is 20.9. The third kappa shape index (κ3) is 12.6. The van der Waals surface area contributed by atoms with E-state index in [-0.39, 0.29) is 0 Å². The van der Waals surface area contributed by atoms with Crippen LogP contribution in [0.2, 0.25) is 0 Å². The van der Waals surface area contributed by atoms with Crippen molar-refractivity contribution < 1.29 is 49.4 Å². The minimum Gasteiger partial charge on any atom is -0.756 e. The molecule has 0 aliphatic rings. The van der Waals surface area contributed by atoms with Crippen LogP contribution in [0.5, 0.6) is 0 Å². The summed E-state index contributed by atoms with van der Waals surface area (Å²) >= 11 is 0. The van der Waals surface area contributed by atoms with Crippen LogP contribution in [0.15, 0.2) is 18.7 Å². The van der Waals surface area contributed by atoms with Crippen LogP contribution >= 0.6 is 7.82 Å². The van der Waals surface area contributed by atoms with Gasteiger partial charge in [0, 0.05) is 0 Å². The summed E-state index contributed by atoms with van der Waals surface area (Å²) in [6.45, 7) is -4.46. The van der Waals surface area contributed by atoms with Crippen LogP contribution in [-0.2, 0) is 27.7 Å². The predicted octanol–water partition coefficient (Wildman–Crippen LogP) is 1.46. The Balaban J connectivity index is 0.000000518. The van der Waals surface area contributed by atoms with Gasteiger partial charge >= 0.3 is 12.4 Å². The Labute approximate surface area is 121 Å². The summed E-state index contributed by atoms with van der Waals surface area (Å²) in [5.74, 6) is 0. The minimum atomic E-state index is -5.58. The number of aromatic nitrogens is 2. The molecule has 1 aromatic rings. The Morgan fingerprint density at radius 2 is 1.55 bits per heavy atom. The van der Waals surface area contributed by atoms with Gasteiger partial charge in [-0.25, -0.2) is 9.13 Å². The highest BCUT2D eigenvalue weighted by molar-refractivity contribution is 7.45. The van der Waals surface area contributed by atoms with Crippen LogP contribution in [0.4, 0.5) is 26.3 Å². The van der Waals surface area contributed by atoms with Crippen molar-refractivity contribution in [1.82, 2.24) is 4.57 Å². The topological polar surface area (TPSA) is 67.4 Å². The van der Waals surface area contributed by atoms with E-state index in [1.54, 1.807) is 0 Å². The lowest BCUT2D eigenvalue weighted by Crippen LogP contribution is -2.23. The molecule has 0 radical (unpaired) electrons. The number of rotatable bonds is 4. The van der Waals surface area contributed by atoms with Gasteiger partial charge in [0.15, 0.2) is 13.2 Å². The molecule has 0 saturated heterocycles. The number of phosphoric ester groups is 1. The molecular weight excluding hydrogens is 345 g/mol. The maximum Gasteiger partial charge on any atom is 0.412 e. The van der Waals surface area contributed by atoms with Gasteiger partial charge in [0.05, 0.1) is 14.1 Å². The maximum atomic E-state index is 11.4. The van der Waals surface area contributed by atoms with E-state index in [9.17, 15) is 35.8 Å². The average Bonchev–Trinajstić information content (AvgIpc) is 2.68. The molecule has 1 heterocycles. The fraction of sp³-hybridized carbons (Fsp3) is 0.667. The van der Waals surface area contributed by atoms with E-state index in [0.717, 1.165) is 0 Å². The summed E-state index contributed by atoms with van der Waals surface area (Å²) in [6.07, 6.45) is -3.94. The van der Waals surface area contributed by atoms with E-state index >= 15 is 0 Å². The zero-order valence-corrected chi connectivity index (χ0v) is 12.3. The second-order valence-corrected chi connectivity index (χ2v) is 5.38. The SMILES string of the molecule is Cn1cc[n+](C)c1.O=P([O-])(OCC(F)(F)F)OCC(F)(F)F. The average molecular weight is 358 g/mol. The van der Waals surface area contributed by atoms with Crippen LogP contribution in [0.25, 0.3) is 0 Å². The molecule has 0 saturated carbocycles. The van der Waals surface area contributed by atoms with Crippen LogP contribution in [0.3, 0.4) is 0 Å². The number of alkyl halides is 6. The van der Waals surface area contributed by atoms with Gasteiger partial charge in [-0.05, 0) is 0 Å². The summed E-state index contributed by atoms with van der Waals surface area (Å²) in [5.41, 5.74) is 0. The zero-order valence-electron chi connectivity index (χ0n) is 11.4. The molecule has 130 valence electrons. The van der Waals surface area contributed by atoms with Gasteiger partial charge < -0.3 is 13.9 Å². The Morgan fingerprint density at radius 1 is 1.14 bits per heavy atom. The van der Waals surface area contributed by atoms with Crippen molar-refractivity contribution in [2.45, 2.75) is 12.4 Å². The number of aryl methyl sites for hydroxylation is 2. The Morgan fingerprint density at radius 3 is 1.73 bits per heavy atom. The lowest BCUT2D eigenvalue weighted by Gasteiger charge is -2.23. The Kier molecular flexibility index (Phi) is 7.55. The van der Waals surface area contributed by atoms with Crippen molar-refractivity contribution in [3.8, 4) is 0 Å². The zero-order chi connectivity index (χ0) is 17.6. The molecule has 13 heteroatoms. The quantitative estimate of drug-likeness (QED) is 0.464. The number of halogens is 6. The first-order chi connectivity index (χ1) is 9.70. The molecule has 0 spiro atoms. The highest BCUT2D eigenvalue weighted by atomic mass is 31.2. The molecular formula is C9H13F6N2O4P. The second kappa shape index (κ2) is 7.95. The molecule has 0 unspecified atom stereocenters. The first-order valence-electron chi connectivity index (χ1n) is 5.41. The van der Waals surface area contributed by atoms with E-state index in [4.69, 9.17) is 0 Å². The van der Waals surface area contributed by atoms with Crippen molar-refractivity contribution in [2.24, 2.45) is 14.1 Å². The largest absolute Gasteiger partial charge is 0.756 e. The number of hydrogen-bond donors (Lipinski definition) is 0. The molecule has 0 amide bonds. The van der Waals surface area contributed by atoms with E-state index in [2.05, 4.69) is 9.05 Å². The summed E-state index contributed by atoms with van der Waals surface area (Å²) in [5, 5.41) is 0. The van der Waals surface area contributed by atoms with E-state index in [1.165, 1.54) is 0 Å². The normalized spacial score (nSPS) is 12.8. The van der Waals surface area contributed by atoms with E-state index in [1.807, 2.05) is 42.0 Å². The molecule has 0 aliphatic carbocycles. The third-order valence-corrected chi connectivity index (χ3v) is 2.56. The molecule has 22 heavy (non-hydrogen) atoms. The van der Waals surface area contributed by atoms with Crippen LogP contribution in [0, 0.1) is 0 Å². The Bertz CT molecular complexity index is 463. The molecule has 1 rings (SSSR count). The predicted molar refractivity (Wildman–Crippen MR) is 58.2 cm³/mol. The fourth-order valence-electron chi connectivity index (χ4n) is 0.916. The van der Waals surface area contributed by atoms with Crippen molar-refractivity contribution in [3.05, 3.63) is 18.7 Å². The van der Waals surface area contributed by atoms with Crippen molar-refractivity contribution in [1.29, 1.82) is 0 Å². The smallest absolute Gasteiger partial charge is 0.412 e. The van der Waals surface area contributed by atoms with Gasteiger partial charge in [-0.2, -0.15) is 26.3 Å². The standard InChI is InChI=1S/C5H9N2.C4H5F6O4P/c1-6-3-4-7(2)5-6;5-3(6,7)1-13-15(11,12)14-2-4(8,9)10/h3-5H,1-2H3;1-2H2,(H,11,12)/q+1;/p-1. The fourth-order valence-corrected chi connectivity index (χ4v) is 1.60. The van der Waals surface area contributed by atoms with Gasteiger partial charge in [-0.1, -0.05) is 0 Å². The lowest BCUT2D eigenvalue weighted by molar-refractivity contribution is -0.670. The molecule has 0 aliphatic heterocycles. The number of phosphoric acid groups is 1. The molecule has 1 aromatic heterocycles. The second-order valence-electron chi connectivity index (χ2n) is 3.97. The summed E-state index contributed by atoms with van der Waals surface area (Å²) in [4.78, 5) is 10.3. The van der Waals surface area contributed by atoms with Gasteiger partial charge in [0.2, 0.25) is 6.33 Å². The van der Waals surface area contributed by atoms with Crippen LogP contribution in [-0.4, -0.2) is 30.1 Å². The monoisotopic (exact) mass is 358 g/mol.